The van der Waals surface area contributed by atoms with E-state index in [0.717, 1.165) is 6.42 Å². The van der Waals surface area contributed by atoms with Gasteiger partial charge in [-0.15, -0.1) is 0 Å². The highest BCUT2D eigenvalue weighted by molar-refractivity contribution is 7.87. The molecular formula is C16H20O3SSi. The Morgan fingerprint density at radius 3 is 2.05 bits per heavy atom. The summed E-state index contributed by atoms with van der Waals surface area (Å²) >= 11 is 0. The molecule has 0 heterocycles. The Balaban J connectivity index is 2.01. The quantitative estimate of drug-likeness (QED) is 0.769. The summed E-state index contributed by atoms with van der Waals surface area (Å²) in [6, 6.07) is 18.4. The van der Waals surface area contributed by atoms with E-state index in [1.807, 2.05) is 18.2 Å². The Labute approximate surface area is 129 Å². The van der Waals surface area contributed by atoms with E-state index in [1.165, 1.54) is 5.56 Å². The van der Waals surface area contributed by atoms with Crippen LogP contribution < -0.4 is 0 Å². The predicted octanol–water partition coefficient (Wildman–Crippen LogP) is 2.92. The van der Waals surface area contributed by atoms with E-state index in [1.54, 1.807) is 30.3 Å². The van der Waals surface area contributed by atoms with Gasteiger partial charge < -0.3 is 3.87 Å². The molecule has 0 unspecified atom stereocenters. The molecule has 0 saturated heterocycles. The molecule has 0 spiro atoms. The second-order valence-electron chi connectivity index (χ2n) is 5.86. The Kier molecular flexibility index (Phi) is 4.98. The van der Waals surface area contributed by atoms with Crippen LogP contribution in [0.2, 0.25) is 5.04 Å². The zero-order valence-corrected chi connectivity index (χ0v) is 14.6. The molecule has 0 fully saturated rings. The maximum Gasteiger partial charge on any atom is 0.286 e. The molecule has 5 heteroatoms. The minimum atomic E-state index is -3.62. The van der Waals surface area contributed by atoms with Crippen LogP contribution in [0.5, 0.6) is 0 Å². The average Bonchev–Trinajstić information content (AvgIpc) is 2.47. The summed E-state index contributed by atoms with van der Waals surface area (Å²) in [4.78, 5) is 0.230. The minimum Gasteiger partial charge on any atom is -0.319 e. The molecule has 0 bridgehead atoms. The van der Waals surface area contributed by atoms with Crippen molar-refractivity contribution in [2.45, 2.75) is 30.2 Å². The first-order chi connectivity index (χ1) is 9.89. The van der Waals surface area contributed by atoms with Crippen LogP contribution in [-0.4, -0.2) is 18.2 Å². The van der Waals surface area contributed by atoms with E-state index in [-0.39, 0.29) is 9.93 Å². The average molecular weight is 320 g/mol. The molecule has 0 N–H and O–H groups in total. The first-order valence-electron chi connectivity index (χ1n) is 6.87. The maximum absolute atomic E-state index is 12.1. The van der Waals surface area contributed by atoms with Crippen molar-refractivity contribution in [3.63, 3.8) is 0 Å². The lowest BCUT2D eigenvalue weighted by Gasteiger charge is -2.23. The first-order valence-corrected chi connectivity index (χ1v) is 9.57. The minimum absolute atomic E-state index is 0.122. The van der Waals surface area contributed by atoms with Crippen LogP contribution >= 0.6 is 0 Å². The lowest BCUT2D eigenvalue weighted by Crippen LogP contribution is -2.22. The molecule has 0 aliphatic heterocycles. The van der Waals surface area contributed by atoms with E-state index in [4.69, 9.17) is 3.87 Å². The fraction of sp³-hybridized carbons (Fsp3) is 0.250. The molecule has 0 aliphatic rings. The van der Waals surface area contributed by atoms with Gasteiger partial charge in [0.05, 0.1) is 4.90 Å². The van der Waals surface area contributed by atoms with Crippen molar-refractivity contribution < 1.29 is 12.3 Å². The zero-order chi connectivity index (χ0) is 15.3. The van der Waals surface area contributed by atoms with Gasteiger partial charge in [-0.2, -0.15) is 8.42 Å². The fourth-order valence-corrected chi connectivity index (χ4v) is 5.41. The summed E-state index contributed by atoms with van der Waals surface area (Å²) in [7, 11) is -4.86. The summed E-state index contributed by atoms with van der Waals surface area (Å²) < 4.78 is 29.7. The van der Waals surface area contributed by atoms with Crippen LogP contribution in [0.15, 0.2) is 65.6 Å². The molecule has 2 aromatic rings. The van der Waals surface area contributed by atoms with Crippen molar-refractivity contribution >= 4 is 19.9 Å². The summed E-state index contributed by atoms with van der Waals surface area (Å²) in [5.41, 5.74) is 1.20. The number of benzene rings is 2. The standard InChI is InChI=1S/C16H20O3SSi/c1-16(2,13-14-9-5-3-6-10-14)21-19-20(17,18)15-11-7-4-8-12-15/h3-12H,13,21H2,1-2H3. The van der Waals surface area contributed by atoms with Gasteiger partial charge in [-0.1, -0.05) is 62.4 Å². The van der Waals surface area contributed by atoms with Crippen LogP contribution in [0.3, 0.4) is 0 Å². The van der Waals surface area contributed by atoms with Crippen LogP contribution in [-0.2, 0) is 20.4 Å². The smallest absolute Gasteiger partial charge is 0.286 e. The number of hydrogen-bond acceptors (Lipinski definition) is 3. The lowest BCUT2D eigenvalue weighted by molar-refractivity contribution is 0.477. The van der Waals surface area contributed by atoms with E-state index in [9.17, 15) is 8.42 Å². The second kappa shape index (κ2) is 6.55. The van der Waals surface area contributed by atoms with Crippen LogP contribution in [0, 0.1) is 0 Å². The molecule has 0 atom stereocenters. The zero-order valence-electron chi connectivity index (χ0n) is 12.3. The molecule has 0 aliphatic carbocycles. The molecular weight excluding hydrogens is 300 g/mol. The van der Waals surface area contributed by atoms with Gasteiger partial charge >= 0.3 is 0 Å². The Morgan fingerprint density at radius 1 is 0.952 bits per heavy atom. The molecule has 112 valence electrons. The third kappa shape index (κ3) is 4.80. The number of hydrogen-bond donors (Lipinski definition) is 0. The fourth-order valence-electron chi connectivity index (χ4n) is 2.09. The molecule has 3 nitrogen and oxygen atoms in total. The molecule has 2 rings (SSSR count). The predicted molar refractivity (Wildman–Crippen MR) is 87.4 cm³/mol. The maximum atomic E-state index is 12.1. The van der Waals surface area contributed by atoms with Gasteiger partial charge in [0.2, 0.25) is 0 Å². The van der Waals surface area contributed by atoms with Crippen LogP contribution in [0.4, 0.5) is 0 Å². The van der Waals surface area contributed by atoms with Gasteiger partial charge in [-0.05, 0) is 29.2 Å². The van der Waals surface area contributed by atoms with Gasteiger partial charge in [0.15, 0.2) is 9.76 Å². The normalized spacial score (nSPS) is 12.9. The van der Waals surface area contributed by atoms with Crippen LogP contribution in [0.25, 0.3) is 0 Å². The molecule has 21 heavy (non-hydrogen) atoms. The Morgan fingerprint density at radius 2 is 1.48 bits per heavy atom. The van der Waals surface area contributed by atoms with Crippen molar-refractivity contribution in [2.75, 3.05) is 0 Å². The van der Waals surface area contributed by atoms with Crippen LogP contribution in [0.1, 0.15) is 19.4 Å². The van der Waals surface area contributed by atoms with Crippen molar-refractivity contribution in [2.24, 2.45) is 0 Å². The second-order valence-corrected chi connectivity index (χ2v) is 10.4. The third-order valence-corrected chi connectivity index (χ3v) is 6.76. The summed E-state index contributed by atoms with van der Waals surface area (Å²) in [6.45, 7) is 4.12. The highest BCUT2D eigenvalue weighted by Crippen LogP contribution is 2.29. The molecule has 0 aromatic heterocycles. The Hall–Kier alpha value is -1.43. The topological polar surface area (TPSA) is 43.4 Å². The third-order valence-electron chi connectivity index (χ3n) is 3.16. The summed E-state index contributed by atoms with van der Waals surface area (Å²) in [5, 5.41) is -0.122. The van der Waals surface area contributed by atoms with Crippen molar-refractivity contribution in [3.05, 3.63) is 66.2 Å². The highest BCUT2D eigenvalue weighted by atomic mass is 32.2. The van der Waals surface area contributed by atoms with E-state index in [2.05, 4.69) is 26.0 Å². The monoisotopic (exact) mass is 320 g/mol. The molecule has 2 aromatic carbocycles. The van der Waals surface area contributed by atoms with E-state index in [0.29, 0.717) is 0 Å². The molecule has 0 saturated carbocycles. The van der Waals surface area contributed by atoms with Crippen molar-refractivity contribution in [1.29, 1.82) is 0 Å². The molecule has 0 radical (unpaired) electrons. The van der Waals surface area contributed by atoms with Crippen molar-refractivity contribution in [1.82, 2.24) is 0 Å². The van der Waals surface area contributed by atoms with Crippen molar-refractivity contribution in [3.8, 4) is 0 Å². The van der Waals surface area contributed by atoms with Gasteiger partial charge in [0.1, 0.15) is 0 Å². The summed E-state index contributed by atoms with van der Waals surface area (Å²) in [5.74, 6) is 0. The lowest BCUT2D eigenvalue weighted by atomic mass is 10.0. The first kappa shape index (κ1) is 15.9. The van der Waals surface area contributed by atoms with Gasteiger partial charge in [-0.25, -0.2) is 0 Å². The van der Waals surface area contributed by atoms with E-state index >= 15 is 0 Å². The highest BCUT2D eigenvalue weighted by Gasteiger charge is 2.24. The summed E-state index contributed by atoms with van der Waals surface area (Å²) in [6.07, 6.45) is 0.824. The van der Waals surface area contributed by atoms with Gasteiger partial charge in [0.25, 0.3) is 10.1 Å². The van der Waals surface area contributed by atoms with E-state index < -0.39 is 19.9 Å². The largest absolute Gasteiger partial charge is 0.319 e. The van der Waals surface area contributed by atoms with Gasteiger partial charge in [0, 0.05) is 0 Å². The molecule has 0 amide bonds. The number of rotatable bonds is 6. The SMILES string of the molecule is CC(C)(Cc1ccccc1)[SiH2]OS(=O)(=O)c1ccccc1. The Bertz CT molecular complexity index is 667. The van der Waals surface area contributed by atoms with Gasteiger partial charge in [-0.3, -0.25) is 0 Å².